The molecule has 668 valence electrons. The Morgan fingerprint density at radius 2 is 0.570 bits per heavy atom. The van der Waals surface area contributed by atoms with Crippen molar-refractivity contribution in [3.8, 4) is 115 Å². The lowest BCUT2D eigenvalue weighted by atomic mass is 10.1. The van der Waals surface area contributed by atoms with Gasteiger partial charge in [-0.2, -0.15) is 25.5 Å². The third-order valence-electron chi connectivity index (χ3n) is 18.7. The number of hydrogen-bond donors (Lipinski definition) is 0. The number of thioether (sulfide) groups is 1. The first-order valence-electron chi connectivity index (χ1n) is 40.9. The molecule has 37 nitrogen and oxygen atoms in total. The second kappa shape index (κ2) is 45.4. The third kappa shape index (κ3) is 26.8. The average Bonchev–Trinajstić information content (AvgIpc) is 1.68. The number of carbonyl (C=O) groups is 5. The van der Waals surface area contributed by atoms with Gasteiger partial charge in [0, 0.05) is 40.9 Å². The van der Waals surface area contributed by atoms with Gasteiger partial charge in [0.05, 0.1) is 42.2 Å². The largest absolute Gasteiger partial charge is 0.468 e. The van der Waals surface area contributed by atoms with Gasteiger partial charge in [-0.1, -0.05) is 102 Å². The molecule has 10 heterocycles. The van der Waals surface area contributed by atoms with E-state index in [2.05, 4.69) is 100.0 Å². The van der Waals surface area contributed by atoms with Crippen LogP contribution >= 0.6 is 11.8 Å². The van der Waals surface area contributed by atoms with Crippen molar-refractivity contribution in [1.29, 1.82) is 0 Å². The maximum Gasteiger partial charge on any atom is 0.328 e. The summed E-state index contributed by atoms with van der Waals surface area (Å²) < 4.78 is 61.9. The first kappa shape index (κ1) is 94.2. The van der Waals surface area contributed by atoms with Crippen LogP contribution in [0.4, 0.5) is 0 Å². The molecule has 0 saturated carbocycles. The number of aromatic nitrogens is 20. The lowest BCUT2D eigenvalue weighted by molar-refractivity contribution is -0.145. The van der Waals surface area contributed by atoms with Gasteiger partial charge in [0.25, 0.3) is 29.5 Å². The molecule has 0 spiro atoms. The lowest BCUT2D eigenvalue weighted by Crippen LogP contribution is -2.28. The molecule has 15 aromatic rings. The van der Waals surface area contributed by atoms with E-state index in [1.165, 1.54) is 37.6 Å². The molecule has 0 bridgehead atoms. The summed E-state index contributed by atoms with van der Waals surface area (Å²) in [6.07, 6.45) is 1.86. The molecular weight excluding hydrogens is 1660 g/mol. The highest BCUT2D eigenvalue weighted by atomic mass is 32.2. The highest BCUT2D eigenvalue weighted by molar-refractivity contribution is 7.98. The Labute approximate surface area is 742 Å². The van der Waals surface area contributed by atoms with Gasteiger partial charge in [0.2, 0.25) is 29.5 Å². The molecule has 15 rings (SSSR count). The van der Waals surface area contributed by atoms with Crippen LogP contribution in [0.1, 0.15) is 77.1 Å². The molecule has 0 radical (unpaired) electrons. The number of nitrogens with zero attached hydrogens (tertiary/aromatic N) is 22. The third-order valence-corrected chi connectivity index (χ3v) is 19.0. The van der Waals surface area contributed by atoms with E-state index in [0.29, 0.717) is 126 Å². The standard InChI is InChI=1S/C21H27N5O3.C19H23N5O3.C17H18N4O3S.C17H18N4O3.C16H16N4O3/c1-5-25(6-2)10-11-28-19(27)14-26-18(13-16(4)24-26)21-23-22-20(29-21)17-9-7-8-15(3)12-17;1-13-6-5-7-15(10-13)18-20-21-19(27-18)16-11-14(2)22-24(16)12-17(25)26-9-8-23(3)4;1-11-5-4-6-13(7-11)16-18-19-17(24-16)14-8-12(2)20-21(14)9-15(22)23-10-25-3;1-4-23-15(22)10-21-14(9-12(3)20-21)17-19-18-16(24-17)13-7-5-6-11(2)8-13;1-10-5-4-6-12(7-10)15-17-18-16(23-15)13-8-11(2)19-20(13)9-14(21)22-3/h7-9,12-13H,5-6,10-11,14H2,1-4H3;5-7,10-11H,8-9,12H2,1-4H3;4-8H,9-10H2,1-3H3;5-9H,4,10H2,1-3H3;4-8H,9H2,1-3H3. The summed E-state index contributed by atoms with van der Waals surface area (Å²) in [5, 5.41) is 62.7. The van der Waals surface area contributed by atoms with Crippen LogP contribution in [0.5, 0.6) is 0 Å². The Balaban J connectivity index is 0.000000155. The van der Waals surface area contributed by atoms with E-state index >= 15 is 0 Å². The Hall–Kier alpha value is -14.5. The highest BCUT2D eigenvalue weighted by Gasteiger charge is 2.25. The van der Waals surface area contributed by atoms with E-state index in [0.717, 1.165) is 97.2 Å². The molecular formula is C90H102N22O15S. The van der Waals surface area contributed by atoms with Crippen molar-refractivity contribution >= 4 is 41.6 Å². The summed E-state index contributed by atoms with van der Waals surface area (Å²) in [5.41, 5.74) is 16.5. The molecule has 0 unspecified atom stereocenters. The van der Waals surface area contributed by atoms with Gasteiger partial charge in [0.15, 0.2) is 0 Å². The topological polar surface area (TPSA) is 422 Å². The van der Waals surface area contributed by atoms with Crippen molar-refractivity contribution in [3.63, 3.8) is 0 Å². The molecule has 5 aromatic carbocycles. The number of ether oxygens (including phenoxy) is 5. The molecule has 0 atom stereocenters. The zero-order valence-corrected chi connectivity index (χ0v) is 75.3. The Bertz CT molecular complexity index is 6210. The molecule has 0 saturated heterocycles. The molecule has 0 aliphatic rings. The number of carbonyl (C=O) groups excluding carboxylic acids is 5. The Morgan fingerprint density at radius 3 is 0.805 bits per heavy atom. The van der Waals surface area contributed by atoms with Gasteiger partial charge < -0.3 is 55.6 Å². The van der Waals surface area contributed by atoms with E-state index < -0.39 is 5.97 Å². The Kier molecular flexibility index (Phi) is 33.4. The summed E-state index contributed by atoms with van der Waals surface area (Å²) in [4.78, 5) is 63.6. The van der Waals surface area contributed by atoms with Gasteiger partial charge in [-0.25, -0.2) is 23.4 Å². The van der Waals surface area contributed by atoms with Crippen molar-refractivity contribution in [2.75, 3.05) is 79.4 Å². The number of benzene rings is 5. The lowest BCUT2D eigenvalue weighted by Gasteiger charge is -2.17. The number of hydrogen-bond acceptors (Lipinski definition) is 33. The maximum absolute atomic E-state index is 12.3. The zero-order chi connectivity index (χ0) is 91.5. The SMILES string of the molecule is CCN(CC)CCOC(=O)Cn1nc(C)cc1-c1nnc(-c2cccc(C)c2)o1.CCOC(=O)Cn1nc(C)cc1-c1nnc(-c2cccc(C)c2)o1.COC(=O)Cn1nc(C)cc1-c1nnc(-c2cccc(C)c2)o1.CSCOC(=O)Cn1nc(C)cc1-c1nnc(-c2cccc(C)c2)o1.Cc1cccc(-c2nnc(-c3cc(C)nn3CC(=O)OCCN(C)C)o2)c1. The number of likely N-dealkylation sites (N-methyl/N-ethyl adjacent to an activating group) is 2. The van der Waals surface area contributed by atoms with Crippen LogP contribution in [0.15, 0.2) is 174 Å². The fourth-order valence-electron chi connectivity index (χ4n) is 12.6. The van der Waals surface area contributed by atoms with E-state index in [1.54, 1.807) is 35.9 Å². The molecule has 0 aliphatic carbocycles. The van der Waals surface area contributed by atoms with Gasteiger partial charge in [-0.15, -0.1) is 62.7 Å². The van der Waals surface area contributed by atoms with E-state index in [9.17, 15) is 24.0 Å². The molecule has 0 amide bonds. The maximum atomic E-state index is 12.3. The molecule has 10 aromatic heterocycles. The fourth-order valence-corrected chi connectivity index (χ4v) is 12.9. The minimum absolute atomic E-state index is 0.000822. The molecule has 0 fully saturated rings. The van der Waals surface area contributed by atoms with Gasteiger partial charge in [0.1, 0.15) is 80.3 Å². The van der Waals surface area contributed by atoms with Crippen LogP contribution in [-0.4, -0.2) is 219 Å². The summed E-state index contributed by atoms with van der Waals surface area (Å²) in [7, 11) is 5.18. The molecule has 0 aliphatic heterocycles. The minimum Gasteiger partial charge on any atom is -0.468 e. The van der Waals surface area contributed by atoms with Crippen LogP contribution in [0.3, 0.4) is 0 Å². The van der Waals surface area contributed by atoms with Gasteiger partial charge in [-0.05, 0) is 201 Å². The van der Waals surface area contributed by atoms with Crippen molar-refractivity contribution in [2.24, 2.45) is 0 Å². The van der Waals surface area contributed by atoms with Crippen LogP contribution in [-0.2, 0) is 80.4 Å². The van der Waals surface area contributed by atoms with Gasteiger partial charge in [-0.3, -0.25) is 24.0 Å². The van der Waals surface area contributed by atoms with E-state index in [-0.39, 0.29) is 56.6 Å². The first-order chi connectivity index (χ1) is 61.6. The normalized spacial score (nSPS) is 11.0. The first-order valence-corrected chi connectivity index (χ1v) is 42.3. The van der Waals surface area contributed by atoms with E-state index in [1.807, 2.05) is 222 Å². The summed E-state index contributed by atoms with van der Waals surface area (Å²) >= 11 is 1.43. The van der Waals surface area contributed by atoms with Crippen LogP contribution < -0.4 is 0 Å². The number of methoxy groups -OCH3 is 1. The van der Waals surface area contributed by atoms with E-state index in [4.69, 9.17) is 41.0 Å². The van der Waals surface area contributed by atoms with Crippen molar-refractivity contribution in [2.45, 2.75) is 123 Å². The highest BCUT2D eigenvalue weighted by Crippen LogP contribution is 2.32. The summed E-state index contributed by atoms with van der Waals surface area (Å²) in [5.74, 6) is 2.18. The van der Waals surface area contributed by atoms with Crippen molar-refractivity contribution in [3.05, 3.63) is 208 Å². The molecule has 128 heavy (non-hydrogen) atoms. The van der Waals surface area contributed by atoms with Crippen molar-refractivity contribution in [1.82, 2.24) is 110 Å². The van der Waals surface area contributed by atoms with Crippen LogP contribution in [0.2, 0.25) is 0 Å². The fraction of sp³-hybridized carbons (Fsp3) is 0.333. The second-order valence-corrected chi connectivity index (χ2v) is 30.4. The predicted octanol–water partition coefficient (Wildman–Crippen LogP) is 13.7. The van der Waals surface area contributed by atoms with Crippen molar-refractivity contribution < 1.29 is 69.7 Å². The van der Waals surface area contributed by atoms with Crippen LogP contribution in [0, 0.1) is 69.2 Å². The summed E-state index contributed by atoms with van der Waals surface area (Å²) in [6, 6.07) is 48.1. The Morgan fingerprint density at radius 1 is 0.328 bits per heavy atom. The number of rotatable bonds is 31. The monoisotopic (exact) mass is 1760 g/mol. The smallest absolute Gasteiger partial charge is 0.328 e. The molecule has 38 heteroatoms. The second-order valence-electron chi connectivity index (χ2n) is 29.6. The van der Waals surface area contributed by atoms with Gasteiger partial charge >= 0.3 is 29.8 Å². The summed E-state index contributed by atoms with van der Waals surface area (Å²) in [6.45, 7) is 29.3. The number of esters is 5. The number of aryl methyl sites for hydroxylation is 10. The predicted molar refractivity (Wildman–Crippen MR) is 474 cm³/mol. The minimum atomic E-state index is -0.396. The average molecular weight is 1760 g/mol. The quantitative estimate of drug-likeness (QED) is 0.0221. The van der Waals surface area contributed by atoms with Crippen LogP contribution in [0.25, 0.3) is 115 Å². The zero-order valence-electron chi connectivity index (χ0n) is 74.5. The molecule has 0 N–H and O–H groups in total.